The zero-order valence-corrected chi connectivity index (χ0v) is 20.0. The van der Waals surface area contributed by atoms with Crippen molar-refractivity contribution in [1.29, 1.82) is 0 Å². The minimum absolute atomic E-state index is 0.0351. The summed E-state index contributed by atoms with van der Waals surface area (Å²) >= 11 is 0. The molecule has 0 atom stereocenters. The van der Waals surface area contributed by atoms with Crippen LogP contribution in [0.25, 0.3) is 28.0 Å². The van der Waals surface area contributed by atoms with Crippen molar-refractivity contribution in [2.75, 3.05) is 7.11 Å². The monoisotopic (exact) mass is 493 g/mol. The van der Waals surface area contributed by atoms with Crippen molar-refractivity contribution in [3.05, 3.63) is 116 Å². The topological polar surface area (TPSA) is 119 Å². The molecule has 0 unspecified atom stereocenters. The molecule has 0 fully saturated rings. The van der Waals surface area contributed by atoms with Crippen LogP contribution in [0, 0.1) is 0 Å². The highest BCUT2D eigenvalue weighted by atomic mass is 16.5. The predicted molar refractivity (Wildman–Crippen MR) is 141 cm³/mol. The van der Waals surface area contributed by atoms with Crippen LogP contribution in [-0.2, 0) is 17.9 Å². The van der Waals surface area contributed by atoms with Gasteiger partial charge in [0.25, 0.3) is 5.56 Å². The molecule has 2 aromatic heterocycles. The van der Waals surface area contributed by atoms with Gasteiger partial charge in [0.15, 0.2) is 5.52 Å². The van der Waals surface area contributed by atoms with E-state index in [-0.39, 0.29) is 28.9 Å². The average Bonchev–Trinajstić information content (AvgIpc) is 3.31. The third kappa shape index (κ3) is 5.15. The number of H-pyrrole nitrogens is 1. The van der Waals surface area contributed by atoms with Gasteiger partial charge in [-0.25, -0.2) is 4.68 Å². The van der Waals surface area contributed by atoms with Gasteiger partial charge in [0, 0.05) is 18.0 Å². The van der Waals surface area contributed by atoms with E-state index in [2.05, 4.69) is 20.6 Å². The van der Waals surface area contributed by atoms with Crippen LogP contribution >= 0.6 is 0 Å². The number of hydrogen-bond donors (Lipinski definition) is 2. The Morgan fingerprint density at radius 2 is 1.81 bits per heavy atom. The number of fused-ring (bicyclic) bond motifs is 2. The van der Waals surface area contributed by atoms with E-state index >= 15 is 0 Å². The van der Waals surface area contributed by atoms with Gasteiger partial charge < -0.3 is 15.0 Å². The van der Waals surface area contributed by atoms with Crippen molar-refractivity contribution >= 4 is 33.9 Å². The van der Waals surface area contributed by atoms with E-state index in [1.165, 1.54) is 10.8 Å². The average molecular weight is 494 g/mol. The highest BCUT2D eigenvalue weighted by molar-refractivity contribution is 5.93. The molecule has 0 aliphatic carbocycles. The van der Waals surface area contributed by atoms with Gasteiger partial charge in [-0.2, -0.15) is 0 Å². The second-order valence-corrected chi connectivity index (χ2v) is 8.42. The number of benzene rings is 3. The first-order valence-corrected chi connectivity index (χ1v) is 11.6. The van der Waals surface area contributed by atoms with Crippen molar-refractivity contribution in [3.8, 4) is 5.75 Å². The summed E-state index contributed by atoms with van der Waals surface area (Å²) in [6, 6.07) is 21.9. The molecule has 0 bridgehead atoms. The molecule has 0 aliphatic rings. The zero-order valence-electron chi connectivity index (χ0n) is 20.0. The van der Waals surface area contributed by atoms with Crippen molar-refractivity contribution in [2.24, 2.45) is 0 Å². The first kappa shape index (κ1) is 23.7. The van der Waals surface area contributed by atoms with Crippen LogP contribution in [0.1, 0.15) is 16.7 Å². The molecule has 37 heavy (non-hydrogen) atoms. The SMILES string of the molecule is COc1ccc(Cn2nnc3c(=O)[nH]c4cc(/C=C/C(=O)NCc5ccccc5)ccc4c(=O)c32)cc1. The fraction of sp³-hybridized carbons (Fsp3) is 0.107. The molecule has 1 amide bonds. The number of hydrogen-bond acceptors (Lipinski definition) is 6. The summed E-state index contributed by atoms with van der Waals surface area (Å²) in [6.07, 6.45) is 3.03. The fourth-order valence-electron chi connectivity index (χ4n) is 4.00. The second kappa shape index (κ2) is 10.3. The number of ether oxygens (including phenoxy) is 1. The summed E-state index contributed by atoms with van der Waals surface area (Å²) in [5.41, 5.74) is 2.06. The smallest absolute Gasteiger partial charge is 0.278 e. The second-order valence-electron chi connectivity index (χ2n) is 8.42. The lowest BCUT2D eigenvalue weighted by Crippen LogP contribution is -2.20. The summed E-state index contributed by atoms with van der Waals surface area (Å²) in [7, 11) is 1.59. The summed E-state index contributed by atoms with van der Waals surface area (Å²) in [5, 5.41) is 11.2. The maximum atomic E-state index is 13.4. The Morgan fingerprint density at radius 1 is 1.03 bits per heavy atom. The maximum absolute atomic E-state index is 13.4. The van der Waals surface area contributed by atoms with Crippen LogP contribution in [0.4, 0.5) is 0 Å². The summed E-state index contributed by atoms with van der Waals surface area (Å²) in [6.45, 7) is 0.678. The van der Waals surface area contributed by atoms with Crippen LogP contribution in [0.15, 0.2) is 88.5 Å². The standard InChI is InChI=1S/C28H23N5O4/c1-37-21-11-7-20(8-12-21)17-33-26-25(31-32-33)28(36)30-23-15-18(9-13-22(23)27(26)35)10-14-24(34)29-16-19-5-3-2-4-6-19/h2-15H,16-17H2,1H3,(H,29,34)(H,30,36)/b14-10+. The molecule has 3 aromatic carbocycles. The number of carbonyl (C=O) groups excluding carboxylic acids is 1. The Hall–Kier alpha value is -5.05. The third-order valence-corrected chi connectivity index (χ3v) is 5.93. The Morgan fingerprint density at radius 3 is 2.57 bits per heavy atom. The van der Waals surface area contributed by atoms with Crippen molar-refractivity contribution in [2.45, 2.75) is 13.1 Å². The molecule has 2 heterocycles. The molecular weight excluding hydrogens is 470 g/mol. The predicted octanol–water partition coefficient (Wildman–Crippen LogP) is 3.02. The molecule has 0 spiro atoms. The number of aromatic nitrogens is 4. The number of amides is 1. The molecule has 0 saturated heterocycles. The maximum Gasteiger partial charge on any atom is 0.278 e. The molecule has 0 saturated carbocycles. The molecule has 9 heteroatoms. The molecule has 0 radical (unpaired) electrons. The number of rotatable bonds is 7. The van der Waals surface area contributed by atoms with Gasteiger partial charge in [0.05, 0.1) is 19.2 Å². The van der Waals surface area contributed by atoms with Gasteiger partial charge in [-0.3, -0.25) is 14.4 Å². The lowest BCUT2D eigenvalue weighted by molar-refractivity contribution is -0.116. The Kier molecular flexibility index (Phi) is 6.58. The molecular formula is C28H23N5O4. The number of carbonyl (C=O) groups is 1. The van der Waals surface area contributed by atoms with Gasteiger partial charge in [-0.1, -0.05) is 53.7 Å². The molecule has 0 aliphatic heterocycles. The van der Waals surface area contributed by atoms with Crippen molar-refractivity contribution < 1.29 is 9.53 Å². The summed E-state index contributed by atoms with van der Waals surface area (Å²) < 4.78 is 6.61. The van der Waals surface area contributed by atoms with Crippen molar-refractivity contribution in [3.63, 3.8) is 0 Å². The Balaban J connectivity index is 1.44. The lowest BCUT2D eigenvalue weighted by atomic mass is 10.1. The Labute approximate surface area is 211 Å². The summed E-state index contributed by atoms with van der Waals surface area (Å²) in [4.78, 5) is 41.3. The van der Waals surface area contributed by atoms with E-state index in [4.69, 9.17) is 4.74 Å². The quantitative estimate of drug-likeness (QED) is 0.337. The number of nitrogens with zero attached hydrogens (tertiary/aromatic N) is 3. The van der Waals surface area contributed by atoms with E-state index in [9.17, 15) is 14.4 Å². The van der Waals surface area contributed by atoms with E-state index in [1.54, 1.807) is 31.4 Å². The largest absolute Gasteiger partial charge is 0.497 e. The minimum Gasteiger partial charge on any atom is -0.497 e. The van der Waals surface area contributed by atoms with Gasteiger partial charge in [0.1, 0.15) is 11.3 Å². The first-order chi connectivity index (χ1) is 18.0. The van der Waals surface area contributed by atoms with Gasteiger partial charge >= 0.3 is 0 Å². The van der Waals surface area contributed by atoms with Crippen LogP contribution in [0.5, 0.6) is 5.75 Å². The third-order valence-electron chi connectivity index (χ3n) is 5.93. The van der Waals surface area contributed by atoms with Crippen LogP contribution in [0.2, 0.25) is 0 Å². The fourth-order valence-corrected chi connectivity index (χ4v) is 4.00. The van der Waals surface area contributed by atoms with Crippen LogP contribution in [0.3, 0.4) is 0 Å². The highest BCUT2D eigenvalue weighted by Gasteiger charge is 2.14. The molecule has 5 rings (SSSR count). The van der Waals surface area contributed by atoms with Crippen molar-refractivity contribution in [1.82, 2.24) is 25.3 Å². The lowest BCUT2D eigenvalue weighted by Gasteiger charge is -2.04. The van der Waals surface area contributed by atoms with Crippen LogP contribution in [-0.4, -0.2) is 33.0 Å². The normalized spacial score (nSPS) is 11.3. The van der Waals surface area contributed by atoms with E-state index in [1.807, 2.05) is 54.6 Å². The van der Waals surface area contributed by atoms with Gasteiger partial charge in [-0.15, -0.1) is 5.10 Å². The minimum atomic E-state index is -0.523. The number of nitrogens with one attached hydrogen (secondary N) is 2. The van der Waals surface area contributed by atoms with E-state index in [0.29, 0.717) is 28.8 Å². The van der Waals surface area contributed by atoms with E-state index < -0.39 is 5.56 Å². The van der Waals surface area contributed by atoms with E-state index in [0.717, 1.165) is 11.1 Å². The molecule has 5 aromatic rings. The molecule has 184 valence electrons. The number of methoxy groups -OCH3 is 1. The number of aromatic amines is 1. The van der Waals surface area contributed by atoms with Gasteiger partial charge in [-0.05, 0) is 47.0 Å². The van der Waals surface area contributed by atoms with Crippen LogP contribution < -0.4 is 21.0 Å². The Bertz CT molecular complexity index is 1740. The zero-order chi connectivity index (χ0) is 25.8. The summed E-state index contributed by atoms with van der Waals surface area (Å²) in [5.74, 6) is 0.457. The first-order valence-electron chi connectivity index (χ1n) is 11.6. The molecule has 9 nitrogen and oxygen atoms in total. The molecule has 2 N–H and O–H groups in total. The highest BCUT2D eigenvalue weighted by Crippen LogP contribution is 2.15. The van der Waals surface area contributed by atoms with Gasteiger partial charge in [0.2, 0.25) is 11.3 Å².